The van der Waals surface area contributed by atoms with Crippen LogP contribution in [-0.2, 0) is 13.5 Å². The van der Waals surface area contributed by atoms with E-state index < -0.39 is 0 Å². The van der Waals surface area contributed by atoms with Gasteiger partial charge >= 0.3 is 0 Å². The van der Waals surface area contributed by atoms with E-state index in [0.29, 0.717) is 5.82 Å². The minimum Gasteiger partial charge on any atom is -0.392 e. The van der Waals surface area contributed by atoms with Crippen molar-refractivity contribution in [3.63, 3.8) is 0 Å². The molecule has 0 aromatic carbocycles. The summed E-state index contributed by atoms with van der Waals surface area (Å²) in [6.45, 7) is 2.78. The van der Waals surface area contributed by atoms with E-state index in [-0.39, 0.29) is 6.10 Å². The number of nitrogens with two attached hydrogens (primary N) is 1. The number of likely N-dealkylation sites (tertiary alicyclic amines) is 1. The number of imidazole rings is 1. The van der Waals surface area contributed by atoms with Gasteiger partial charge in [0.05, 0.1) is 25.6 Å². The first-order chi connectivity index (χ1) is 11.5. The molecule has 128 valence electrons. The number of anilines is 1. The third kappa shape index (κ3) is 2.81. The van der Waals surface area contributed by atoms with Crippen LogP contribution in [0.4, 0.5) is 5.82 Å². The number of fused-ring (bicyclic) bond motifs is 3. The summed E-state index contributed by atoms with van der Waals surface area (Å²) >= 11 is 5.20. The van der Waals surface area contributed by atoms with Crippen LogP contribution >= 0.6 is 27.3 Å². The molecule has 0 amide bonds. The summed E-state index contributed by atoms with van der Waals surface area (Å²) in [5.41, 5.74) is 8.90. The number of rotatable bonds is 4. The second-order valence-electron chi connectivity index (χ2n) is 6.39. The Kier molecular flexibility index (Phi) is 4.24. The molecule has 3 aromatic heterocycles. The lowest BCUT2D eigenvalue weighted by Gasteiger charge is -2.14. The van der Waals surface area contributed by atoms with Crippen molar-refractivity contribution in [2.24, 2.45) is 7.05 Å². The van der Waals surface area contributed by atoms with Gasteiger partial charge < -0.3 is 20.3 Å². The molecule has 1 aliphatic rings. The molecule has 3 N–H and O–H groups in total. The highest BCUT2D eigenvalue weighted by atomic mass is 79.9. The van der Waals surface area contributed by atoms with E-state index in [9.17, 15) is 5.11 Å². The van der Waals surface area contributed by atoms with Gasteiger partial charge in [0.1, 0.15) is 11.3 Å². The van der Waals surface area contributed by atoms with Crippen molar-refractivity contribution in [3.05, 3.63) is 15.7 Å². The summed E-state index contributed by atoms with van der Waals surface area (Å²) in [6, 6.07) is 2.00. The monoisotopic (exact) mass is 409 g/mol. The van der Waals surface area contributed by atoms with E-state index in [4.69, 9.17) is 10.7 Å². The number of aryl methyl sites for hydroxylation is 2. The molecule has 4 rings (SSSR count). The van der Waals surface area contributed by atoms with Crippen molar-refractivity contribution in [1.82, 2.24) is 19.4 Å². The molecule has 3 aromatic rings. The van der Waals surface area contributed by atoms with Gasteiger partial charge in [0.15, 0.2) is 5.82 Å². The Labute approximate surface area is 152 Å². The van der Waals surface area contributed by atoms with E-state index in [1.54, 1.807) is 11.3 Å². The van der Waals surface area contributed by atoms with E-state index >= 15 is 0 Å². The molecule has 8 heteroatoms. The van der Waals surface area contributed by atoms with Crippen molar-refractivity contribution in [1.29, 1.82) is 0 Å². The molecule has 0 saturated carbocycles. The van der Waals surface area contributed by atoms with Crippen molar-refractivity contribution < 1.29 is 5.11 Å². The van der Waals surface area contributed by atoms with Gasteiger partial charge in [-0.25, -0.2) is 9.97 Å². The van der Waals surface area contributed by atoms with Crippen LogP contribution in [0.3, 0.4) is 0 Å². The summed E-state index contributed by atoms with van der Waals surface area (Å²) in [7, 11) is 2.05. The second-order valence-corrected chi connectivity index (χ2v) is 8.82. The highest BCUT2D eigenvalue weighted by Crippen LogP contribution is 2.36. The molecular weight excluding hydrogens is 390 g/mol. The largest absolute Gasteiger partial charge is 0.392 e. The molecule has 1 atom stereocenters. The molecule has 24 heavy (non-hydrogen) atoms. The summed E-state index contributed by atoms with van der Waals surface area (Å²) in [6.07, 6.45) is 2.65. The number of aliphatic hydroxyl groups is 1. The minimum atomic E-state index is -0.155. The topological polar surface area (TPSA) is 80.2 Å². The van der Waals surface area contributed by atoms with Gasteiger partial charge in [0, 0.05) is 26.6 Å². The molecule has 0 bridgehead atoms. The first-order valence-electron chi connectivity index (χ1n) is 8.13. The maximum Gasteiger partial charge on any atom is 0.152 e. The average molecular weight is 410 g/mol. The fourth-order valence-electron chi connectivity index (χ4n) is 3.47. The lowest BCUT2D eigenvalue weighted by molar-refractivity contribution is 0.176. The van der Waals surface area contributed by atoms with Gasteiger partial charge in [0.25, 0.3) is 0 Å². The number of hydrogen-bond acceptors (Lipinski definition) is 6. The van der Waals surface area contributed by atoms with E-state index in [0.717, 1.165) is 69.8 Å². The van der Waals surface area contributed by atoms with Crippen LogP contribution in [0, 0.1) is 0 Å². The van der Waals surface area contributed by atoms with Crippen molar-refractivity contribution >= 4 is 54.3 Å². The molecule has 0 spiro atoms. The Balaban J connectivity index is 1.61. The first kappa shape index (κ1) is 16.3. The van der Waals surface area contributed by atoms with Crippen LogP contribution in [0.2, 0.25) is 0 Å². The van der Waals surface area contributed by atoms with Crippen molar-refractivity contribution in [2.45, 2.75) is 25.4 Å². The normalized spacial score (nSPS) is 19.0. The maximum absolute atomic E-state index is 9.61. The fourth-order valence-corrected chi connectivity index (χ4v) is 5.08. The van der Waals surface area contributed by atoms with Crippen LogP contribution in [0.1, 0.15) is 18.7 Å². The molecule has 0 aliphatic carbocycles. The zero-order valence-electron chi connectivity index (χ0n) is 13.5. The summed E-state index contributed by atoms with van der Waals surface area (Å²) in [4.78, 5) is 11.5. The highest BCUT2D eigenvalue weighted by Gasteiger charge is 2.20. The number of pyridine rings is 1. The Hall–Kier alpha value is -1.22. The minimum absolute atomic E-state index is 0.155. The van der Waals surface area contributed by atoms with Crippen LogP contribution in [0.5, 0.6) is 0 Å². The molecule has 6 nitrogen and oxygen atoms in total. The quantitative estimate of drug-likeness (QED) is 0.691. The van der Waals surface area contributed by atoms with E-state index in [1.165, 1.54) is 0 Å². The zero-order valence-corrected chi connectivity index (χ0v) is 15.9. The van der Waals surface area contributed by atoms with Gasteiger partial charge in [-0.1, -0.05) is 0 Å². The van der Waals surface area contributed by atoms with Gasteiger partial charge in [-0.3, -0.25) is 0 Å². The molecule has 1 unspecified atom stereocenters. The lowest BCUT2D eigenvalue weighted by Crippen LogP contribution is -2.23. The number of hydrogen-bond donors (Lipinski definition) is 2. The predicted octanol–water partition coefficient (Wildman–Crippen LogP) is 2.53. The van der Waals surface area contributed by atoms with E-state index in [1.807, 2.05) is 6.07 Å². The summed E-state index contributed by atoms with van der Waals surface area (Å²) in [5.74, 6) is 1.53. The van der Waals surface area contributed by atoms with Gasteiger partial charge in [-0.2, -0.15) is 0 Å². The third-order valence-electron chi connectivity index (χ3n) is 4.69. The maximum atomic E-state index is 9.61. The Bertz CT molecular complexity index is 905. The van der Waals surface area contributed by atoms with Crippen LogP contribution in [-0.4, -0.2) is 50.3 Å². The number of nitrogen functional groups attached to an aromatic ring is 1. The molecule has 1 fully saturated rings. The SMILES string of the molecule is Cn1c(CCCN2CCC(O)C2)nc2c(N)nc3cc(Br)sc3c21. The van der Waals surface area contributed by atoms with Gasteiger partial charge in [0.2, 0.25) is 0 Å². The third-order valence-corrected chi connectivity index (χ3v) is 6.32. The Morgan fingerprint density at radius 3 is 3.04 bits per heavy atom. The number of nitrogens with zero attached hydrogens (tertiary/aromatic N) is 4. The molecule has 1 saturated heterocycles. The predicted molar refractivity (Wildman–Crippen MR) is 101 cm³/mol. The summed E-state index contributed by atoms with van der Waals surface area (Å²) in [5, 5.41) is 9.61. The smallest absolute Gasteiger partial charge is 0.152 e. The summed E-state index contributed by atoms with van der Waals surface area (Å²) < 4.78 is 4.32. The molecule has 4 heterocycles. The first-order valence-corrected chi connectivity index (χ1v) is 9.74. The molecular formula is C16H20BrN5OS. The van der Waals surface area contributed by atoms with Crippen molar-refractivity contribution in [2.75, 3.05) is 25.4 Å². The van der Waals surface area contributed by atoms with Gasteiger partial charge in [-0.05, 0) is 41.4 Å². The number of aromatic nitrogens is 3. The van der Waals surface area contributed by atoms with Crippen LogP contribution in [0.15, 0.2) is 9.85 Å². The number of halogens is 1. The number of β-amino-alcohol motifs (C(OH)–C–C–N with tert-alkyl or cyclic N) is 1. The number of aliphatic hydroxyl groups excluding tert-OH is 1. The Morgan fingerprint density at radius 2 is 2.29 bits per heavy atom. The van der Waals surface area contributed by atoms with Gasteiger partial charge in [-0.15, -0.1) is 11.3 Å². The average Bonchev–Trinajstić information content (AvgIpc) is 3.18. The molecule has 0 radical (unpaired) electrons. The highest BCUT2D eigenvalue weighted by molar-refractivity contribution is 9.11. The van der Waals surface area contributed by atoms with Crippen LogP contribution in [0.25, 0.3) is 21.3 Å². The Morgan fingerprint density at radius 1 is 1.46 bits per heavy atom. The lowest BCUT2D eigenvalue weighted by atomic mass is 10.3. The second kappa shape index (κ2) is 6.25. The van der Waals surface area contributed by atoms with Crippen LogP contribution < -0.4 is 5.73 Å². The standard InChI is InChI=1S/C16H20BrN5OS/c1-21-12(3-2-5-22-6-4-9(23)8-22)20-13-14(21)15-10(19-16(13)18)7-11(17)24-15/h7,9,23H,2-6,8H2,1H3,(H2,18,19). The van der Waals surface area contributed by atoms with E-state index in [2.05, 4.69) is 37.4 Å². The molecule has 1 aliphatic heterocycles. The van der Waals surface area contributed by atoms with Crippen molar-refractivity contribution in [3.8, 4) is 0 Å². The zero-order chi connectivity index (χ0) is 16.8. The number of thiophene rings is 1. The fraction of sp³-hybridized carbons (Fsp3) is 0.500.